The maximum atomic E-state index is 12.8. The Balaban J connectivity index is 4.48. The average Bonchev–Trinajstić information content (AvgIpc) is 3.37. The van der Waals surface area contributed by atoms with Gasteiger partial charge < -0.3 is 14.2 Å². The molecule has 0 N–H and O–H groups in total. The summed E-state index contributed by atoms with van der Waals surface area (Å²) in [6.45, 7) is 6.28. The van der Waals surface area contributed by atoms with Gasteiger partial charge in [0, 0.05) is 19.3 Å². The second-order valence-electron chi connectivity index (χ2n) is 18.4. The van der Waals surface area contributed by atoms with Gasteiger partial charge in [0.15, 0.2) is 6.10 Å². The van der Waals surface area contributed by atoms with E-state index in [4.69, 9.17) is 14.2 Å². The Hall–Kier alpha value is -4.45. The molecule has 0 aliphatic rings. The lowest BCUT2D eigenvalue weighted by molar-refractivity contribution is -0.166. The number of unbranched alkanes of at least 4 members (excludes halogenated alkanes) is 17. The van der Waals surface area contributed by atoms with Gasteiger partial charge in [-0.05, 0) is 116 Å². The molecule has 6 heteroatoms. The summed E-state index contributed by atoms with van der Waals surface area (Å²) in [7, 11) is 0. The van der Waals surface area contributed by atoms with Gasteiger partial charge in [0.2, 0.25) is 0 Å². The van der Waals surface area contributed by atoms with Crippen LogP contribution < -0.4 is 0 Å². The molecule has 1 atom stereocenters. The van der Waals surface area contributed by atoms with Gasteiger partial charge in [-0.1, -0.05) is 238 Å². The highest BCUT2D eigenvalue weighted by molar-refractivity contribution is 5.71. The quantitative estimate of drug-likeness (QED) is 0.0262. The summed E-state index contributed by atoms with van der Waals surface area (Å²) >= 11 is 0. The highest BCUT2D eigenvalue weighted by Crippen LogP contribution is 2.14. The number of esters is 3. The van der Waals surface area contributed by atoms with Crippen molar-refractivity contribution in [1.82, 2.24) is 0 Å². The first-order chi connectivity index (χ1) is 35.0. The molecule has 0 aliphatic carbocycles. The molecule has 0 aliphatic heterocycles. The topological polar surface area (TPSA) is 78.9 Å². The zero-order valence-electron chi connectivity index (χ0n) is 45.7. The summed E-state index contributed by atoms with van der Waals surface area (Å²) in [4.78, 5) is 38.1. The second kappa shape index (κ2) is 58.1. The van der Waals surface area contributed by atoms with Crippen LogP contribution in [0.5, 0.6) is 0 Å². The van der Waals surface area contributed by atoms with E-state index in [1.165, 1.54) is 96.3 Å². The molecule has 0 amide bonds. The third-order valence-corrected chi connectivity index (χ3v) is 11.6. The maximum Gasteiger partial charge on any atom is 0.306 e. The predicted molar refractivity (Wildman–Crippen MR) is 306 cm³/mol. The molecule has 0 spiro atoms. The lowest BCUT2D eigenvalue weighted by atomic mass is 10.0. The number of hydrogen-bond acceptors (Lipinski definition) is 6. The molecule has 1 unspecified atom stereocenters. The standard InChI is InChI=1S/C65H104O6/c1-4-7-10-13-16-19-22-25-27-29-30-31-32-33-34-36-37-40-43-46-49-52-55-58-64(67)70-61-62(60-69-63(66)57-54-51-48-45-42-39-24-21-18-15-12-9-6-3)71-65(68)59-56-53-50-47-44-41-38-35-28-26-23-20-17-14-11-8-5-2/h8-9,11-12,17-18,20-22,25-26,28-30,38-39,41-42,47-48,50-51,62H,4-7,10,13-16,19,23-24,27,31-37,40,43-46,49,52-61H2,1-3H3/b11-8-,12-9-,20-17-,21-18-,25-22-,28-26-,30-29-,41-38-,42-39-,50-47-,51-48-. The molecule has 0 saturated heterocycles. The first-order valence-corrected chi connectivity index (χ1v) is 28.7. The van der Waals surface area contributed by atoms with Gasteiger partial charge in [-0.25, -0.2) is 0 Å². The van der Waals surface area contributed by atoms with Crippen LogP contribution in [0.25, 0.3) is 0 Å². The van der Waals surface area contributed by atoms with Crippen molar-refractivity contribution in [2.75, 3.05) is 13.2 Å². The van der Waals surface area contributed by atoms with Gasteiger partial charge in [0.05, 0.1) is 0 Å². The first-order valence-electron chi connectivity index (χ1n) is 28.7. The predicted octanol–water partition coefficient (Wildman–Crippen LogP) is 19.4. The maximum absolute atomic E-state index is 12.8. The molecule has 71 heavy (non-hydrogen) atoms. The van der Waals surface area contributed by atoms with Gasteiger partial charge in [0.1, 0.15) is 13.2 Å². The number of hydrogen-bond donors (Lipinski definition) is 0. The lowest BCUT2D eigenvalue weighted by Crippen LogP contribution is -2.30. The van der Waals surface area contributed by atoms with Crippen LogP contribution in [0.15, 0.2) is 134 Å². The molecule has 6 nitrogen and oxygen atoms in total. The normalized spacial score (nSPS) is 13.1. The molecule has 0 saturated carbocycles. The Morgan fingerprint density at radius 1 is 0.296 bits per heavy atom. The number of ether oxygens (including phenoxy) is 3. The van der Waals surface area contributed by atoms with E-state index in [9.17, 15) is 14.4 Å². The van der Waals surface area contributed by atoms with Gasteiger partial charge in [-0.2, -0.15) is 0 Å². The van der Waals surface area contributed by atoms with Crippen molar-refractivity contribution < 1.29 is 28.6 Å². The molecule has 0 bridgehead atoms. The summed E-state index contributed by atoms with van der Waals surface area (Å²) in [6.07, 6.45) is 81.8. The van der Waals surface area contributed by atoms with Gasteiger partial charge in [-0.3, -0.25) is 14.4 Å². The zero-order chi connectivity index (χ0) is 51.4. The summed E-state index contributed by atoms with van der Waals surface area (Å²) in [5.41, 5.74) is 0. The van der Waals surface area contributed by atoms with Gasteiger partial charge in [0.25, 0.3) is 0 Å². The molecule has 0 aromatic heterocycles. The SMILES string of the molecule is CC/C=C\C/C=C\C/C=C\C/C=C\C/C=C\CCCC(=O)OC(COC(=O)CC/C=C\C/C=C\C/C=C\C/C=C\CC)COC(=O)CCCCCCCCCCCCC/C=C\C/C=C\CCCCCCC. The van der Waals surface area contributed by atoms with Gasteiger partial charge >= 0.3 is 17.9 Å². The summed E-state index contributed by atoms with van der Waals surface area (Å²) in [6, 6.07) is 0. The molecule has 400 valence electrons. The Morgan fingerprint density at radius 3 is 0.986 bits per heavy atom. The Morgan fingerprint density at radius 2 is 0.592 bits per heavy atom. The van der Waals surface area contributed by atoms with Crippen molar-refractivity contribution in [3.63, 3.8) is 0 Å². The minimum Gasteiger partial charge on any atom is -0.462 e. The third-order valence-electron chi connectivity index (χ3n) is 11.6. The minimum absolute atomic E-state index is 0.128. The summed E-state index contributed by atoms with van der Waals surface area (Å²) in [5, 5.41) is 0. The van der Waals surface area contributed by atoms with Crippen molar-refractivity contribution in [2.45, 2.75) is 245 Å². The fourth-order valence-corrected chi connectivity index (χ4v) is 7.40. The van der Waals surface area contributed by atoms with Crippen LogP contribution in [0.1, 0.15) is 239 Å². The van der Waals surface area contributed by atoms with Gasteiger partial charge in [-0.15, -0.1) is 0 Å². The molecule has 0 radical (unpaired) electrons. The first kappa shape index (κ1) is 66.6. The Bertz CT molecular complexity index is 1550. The molecule has 0 aromatic rings. The van der Waals surface area contributed by atoms with Crippen molar-refractivity contribution >= 4 is 17.9 Å². The third kappa shape index (κ3) is 56.3. The fraction of sp³-hybridized carbons (Fsp3) is 0.615. The van der Waals surface area contributed by atoms with Crippen LogP contribution in [0.4, 0.5) is 0 Å². The zero-order valence-corrected chi connectivity index (χ0v) is 45.7. The summed E-state index contributed by atoms with van der Waals surface area (Å²) in [5.74, 6) is -1.08. The number of carbonyl (C=O) groups is 3. The Kier molecular flexibility index (Phi) is 54.5. The number of allylic oxidation sites excluding steroid dienone is 22. The number of rotatable bonds is 50. The highest BCUT2D eigenvalue weighted by Gasteiger charge is 2.19. The minimum atomic E-state index is -0.842. The molecule has 0 heterocycles. The highest BCUT2D eigenvalue weighted by atomic mass is 16.6. The van der Waals surface area contributed by atoms with Crippen molar-refractivity contribution in [2.24, 2.45) is 0 Å². The smallest absolute Gasteiger partial charge is 0.306 e. The van der Waals surface area contributed by atoms with Crippen molar-refractivity contribution in [3.05, 3.63) is 134 Å². The van der Waals surface area contributed by atoms with E-state index >= 15 is 0 Å². The van der Waals surface area contributed by atoms with E-state index < -0.39 is 6.10 Å². The Labute approximate surface area is 436 Å². The van der Waals surface area contributed by atoms with Crippen LogP contribution in [-0.2, 0) is 28.6 Å². The van der Waals surface area contributed by atoms with E-state index in [1.807, 2.05) is 12.2 Å². The van der Waals surface area contributed by atoms with E-state index in [0.717, 1.165) is 89.9 Å². The molecule has 0 fully saturated rings. The molecule has 0 aromatic carbocycles. The van der Waals surface area contributed by atoms with Crippen LogP contribution in [0.2, 0.25) is 0 Å². The monoisotopic (exact) mass is 981 g/mol. The molecular formula is C65H104O6. The van der Waals surface area contributed by atoms with Crippen LogP contribution in [0, 0.1) is 0 Å². The van der Waals surface area contributed by atoms with Crippen LogP contribution >= 0.6 is 0 Å². The van der Waals surface area contributed by atoms with Crippen LogP contribution in [0.3, 0.4) is 0 Å². The largest absolute Gasteiger partial charge is 0.462 e. The van der Waals surface area contributed by atoms with E-state index in [0.29, 0.717) is 19.3 Å². The molecule has 0 rings (SSSR count). The van der Waals surface area contributed by atoms with E-state index in [1.54, 1.807) is 0 Å². The second-order valence-corrected chi connectivity index (χ2v) is 18.4. The van der Waals surface area contributed by atoms with Crippen molar-refractivity contribution in [3.8, 4) is 0 Å². The van der Waals surface area contributed by atoms with E-state index in [2.05, 4.69) is 142 Å². The molecular weight excluding hydrogens is 877 g/mol. The fourth-order valence-electron chi connectivity index (χ4n) is 7.40. The van der Waals surface area contributed by atoms with Crippen molar-refractivity contribution in [1.29, 1.82) is 0 Å². The lowest BCUT2D eigenvalue weighted by Gasteiger charge is -2.18. The average molecular weight is 982 g/mol. The number of carbonyl (C=O) groups excluding carboxylic acids is 3. The van der Waals surface area contributed by atoms with E-state index in [-0.39, 0.29) is 44.0 Å². The van der Waals surface area contributed by atoms with Crippen LogP contribution in [-0.4, -0.2) is 37.2 Å². The summed E-state index contributed by atoms with van der Waals surface area (Å²) < 4.78 is 16.7.